The Hall–Kier alpha value is -2.69. The first kappa shape index (κ1) is 19.6. The smallest absolute Gasteiger partial charge is 0.274 e. The van der Waals surface area contributed by atoms with Crippen molar-refractivity contribution in [2.75, 3.05) is 26.2 Å². The number of thiophene rings is 1. The summed E-state index contributed by atoms with van der Waals surface area (Å²) in [5.74, 6) is 0.510. The summed E-state index contributed by atoms with van der Waals surface area (Å²) in [4.78, 5) is 14.3. The SMILES string of the molecule is O=C(c1ccn(COc2ccccc2)n1)N1CCN(S(=O)(=O)c2cccs2)CC1. The zero-order valence-electron chi connectivity index (χ0n) is 15.5. The lowest BCUT2D eigenvalue weighted by Gasteiger charge is -2.33. The van der Waals surface area contributed by atoms with Crippen molar-refractivity contribution in [1.29, 1.82) is 0 Å². The second-order valence-corrected chi connectivity index (χ2v) is 9.57. The quantitative estimate of drug-likeness (QED) is 0.596. The van der Waals surface area contributed by atoms with Gasteiger partial charge in [0.15, 0.2) is 12.4 Å². The van der Waals surface area contributed by atoms with Crippen LogP contribution in [0.3, 0.4) is 0 Å². The molecule has 1 aliphatic heterocycles. The maximum Gasteiger partial charge on any atom is 0.274 e. The first-order valence-corrected chi connectivity index (χ1v) is 11.4. The van der Waals surface area contributed by atoms with Crippen molar-refractivity contribution in [3.8, 4) is 5.75 Å². The Morgan fingerprint density at radius 2 is 1.79 bits per heavy atom. The standard InChI is InChI=1S/C19H20N4O4S2/c24-19(17-8-9-22(20-17)15-27-16-5-2-1-3-6-16)21-10-12-23(13-11-21)29(25,26)18-7-4-14-28-18/h1-9,14H,10-13,15H2. The van der Waals surface area contributed by atoms with Crippen LogP contribution in [0.4, 0.5) is 0 Å². The molecule has 3 aromatic rings. The third-order valence-electron chi connectivity index (χ3n) is 4.58. The molecule has 0 aliphatic carbocycles. The number of hydrogen-bond donors (Lipinski definition) is 0. The van der Waals surface area contributed by atoms with Gasteiger partial charge in [0.05, 0.1) is 0 Å². The summed E-state index contributed by atoms with van der Waals surface area (Å²) in [6.07, 6.45) is 1.69. The molecular weight excluding hydrogens is 412 g/mol. The molecule has 29 heavy (non-hydrogen) atoms. The second-order valence-electron chi connectivity index (χ2n) is 6.46. The van der Waals surface area contributed by atoms with E-state index >= 15 is 0 Å². The van der Waals surface area contributed by atoms with Gasteiger partial charge in [-0.1, -0.05) is 24.3 Å². The lowest BCUT2D eigenvalue weighted by molar-refractivity contribution is 0.0690. The normalized spacial score (nSPS) is 15.4. The van der Waals surface area contributed by atoms with E-state index in [0.717, 1.165) is 5.75 Å². The fourth-order valence-electron chi connectivity index (χ4n) is 3.04. The Kier molecular flexibility index (Phi) is 5.65. The average molecular weight is 433 g/mol. The van der Waals surface area contributed by atoms with E-state index < -0.39 is 10.0 Å². The molecule has 152 valence electrons. The van der Waals surface area contributed by atoms with E-state index in [4.69, 9.17) is 4.74 Å². The number of ether oxygens (including phenoxy) is 1. The van der Waals surface area contributed by atoms with Crippen molar-refractivity contribution in [2.45, 2.75) is 10.9 Å². The van der Waals surface area contributed by atoms with Gasteiger partial charge in [-0.2, -0.15) is 9.40 Å². The van der Waals surface area contributed by atoms with Crippen LogP contribution >= 0.6 is 11.3 Å². The van der Waals surface area contributed by atoms with Crippen molar-refractivity contribution in [3.63, 3.8) is 0 Å². The fraction of sp³-hybridized carbons (Fsp3) is 0.263. The Morgan fingerprint density at radius 3 is 2.48 bits per heavy atom. The fourth-order valence-corrected chi connectivity index (χ4v) is 5.60. The summed E-state index contributed by atoms with van der Waals surface area (Å²) in [7, 11) is -3.48. The van der Waals surface area contributed by atoms with Crippen molar-refractivity contribution in [3.05, 3.63) is 65.8 Å². The van der Waals surface area contributed by atoms with Gasteiger partial charge in [-0.05, 0) is 29.6 Å². The lowest BCUT2D eigenvalue weighted by atomic mass is 10.3. The maximum absolute atomic E-state index is 12.7. The molecule has 1 fully saturated rings. The van der Waals surface area contributed by atoms with Crippen LogP contribution in [-0.2, 0) is 16.8 Å². The number of carbonyl (C=O) groups is 1. The van der Waals surface area contributed by atoms with E-state index in [9.17, 15) is 13.2 Å². The van der Waals surface area contributed by atoms with E-state index in [0.29, 0.717) is 23.0 Å². The number of para-hydroxylation sites is 1. The number of rotatable bonds is 6. The van der Waals surface area contributed by atoms with E-state index in [2.05, 4.69) is 5.10 Å². The molecule has 2 aromatic heterocycles. The molecule has 0 bridgehead atoms. The van der Waals surface area contributed by atoms with E-state index in [1.54, 1.807) is 39.4 Å². The predicted molar refractivity (Wildman–Crippen MR) is 108 cm³/mol. The van der Waals surface area contributed by atoms with Crippen molar-refractivity contribution < 1.29 is 17.9 Å². The number of piperazine rings is 1. The van der Waals surface area contributed by atoms with Crippen LogP contribution < -0.4 is 4.74 Å². The van der Waals surface area contributed by atoms with Crippen LogP contribution in [0.5, 0.6) is 5.75 Å². The third kappa shape index (κ3) is 4.34. The van der Waals surface area contributed by atoms with Gasteiger partial charge in [0, 0.05) is 32.4 Å². The maximum atomic E-state index is 12.7. The van der Waals surface area contributed by atoms with Crippen LogP contribution in [0.15, 0.2) is 64.3 Å². The third-order valence-corrected chi connectivity index (χ3v) is 7.85. The first-order valence-electron chi connectivity index (χ1n) is 9.08. The van der Waals surface area contributed by atoms with Gasteiger partial charge in [-0.3, -0.25) is 4.79 Å². The minimum atomic E-state index is -3.48. The summed E-state index contributed by atoms with van der Waals surface area (Å²) < 4.78 is 34.1. The minimum absolute atomic E-state index is 0.199. The number of amides is 1. The molecule has 1 saturated heterocycles. The van der Waals surface area contributed by atoms with Crippen molar-refractivity contribution in [2.24, 2.45) is 0 Å². The van der Waals surface area contributed by atoms with Crippen molar-refractivity contribution in [1.82, 2.24) is 19.0 Å². The summed E-state index contributed by atoms with van der Waals surface area (Å²) in [6.45, 7) is 1.39. The number of sulfonamides is 1. The second kappa shape index (κ2) is 8.36. The summed E-state index contributed by atoms with van der Waals surface area (Å²) in [6, 6.07) is 14.3. The highest BCUT2D eigenvalue weighted by Crippen LogP contribution is 2.22. The number of carbonyl (C=O) groups excluding carboxylic acids is 1. The Bertz CT molecular complexity index is 1060. The summed E-state index contributed by atoms with van der Waals surface area (Å²) in [5.41, 5.74) is 0.316. The summed E-state index contributed by atoms with van der Waals surface area (Å²) in [5, 5.41) is 6.02. The van der Waals surface area contributed by atoms with Gasteiger partial charge >= 0.3 is 0 Å². The average Bonchev–Trinajstić information content (AvgIpc) is 3.45. The molecule has 0 radical (unpaired) electrons. The molecule has 1 amide bonds. The monoisotopic (exact) mass is 432 g/mol. The topological polar surface area (TPSA) is 84.7 Å². The van der Waals surface area contributed by atoms with Gasteiger partial charge < -0.3 is 9.64 Å². The molecular formula is C19H20N4O4S2. The highest BCUT2D eigenvalue weighted by Gasteiger charge is 2.31. The zero-order chi connectivity index (χ0) is 20.3. The number of hydrogen-bond acceptors (Lipinski definition) is 6. The van der Waals surface area contributed by atoms with Gasteiger partial charge in [-0.15, -0.1) is 11.3 Å². The highest BCUT2D eigenvalue weighted by molar-refractivity contribution is 7.91. The first-order chi connectivity index (χ1) is 14.0. The van der Waals surface area contributed by atoms with E-state index in [1.165, 1.54) is 15.6 Å². The van der Waals surface area contributed by atoms with Gasteiger partial charge in [0.25, 0.3) is 15.9 Å². The van der Waals surface area contributed by atoms with Crippen LogP contribution in [-0.4, -0.2) is 59.5 Å². The molecule has 3 heterocycles. The van der Waals surface area contributed by atoms with Crippen LogP contribution in [0.25, 0.3) is 0 Å². The van der Waals surface area contributed by atoms with Crippen molar-refractivity contribution >= 4 is 27.3 Å². The molecule has 0 atom stereocenters. The van der Waals surface area contributed by atoms with Gasteiger partial charge in [0.2, 0.25) is 0 Å². The molecule has 1 aromatic carbocycles. The molecule has 1 aliphatic rings. The Morgan fingerprint density at radius 1 is 1.03 bits per heavy atom. The largest absolute Gasteiger partial charge is 0.471 e. The molecule has 0 spiro atoms. The lowest BCUT2D eigenvalue weighted by Crippen LogP contribution is -2.50. The van der Waals surface area contributed by atoms with E-state index in [1.807, 2.05) is 30.3 Å². The zero-order valence-corrected chi connectivity index (χ0v) is 17.2. The molecule has 0 saturated carbocycles. The Labute approximate surface area is 173 Å². The van der Waals surface area contributed by atoms with Gasteiger partial charge in [0.1, 0.15) is 9.96 Å². The van der Waals surface area contributed by atoms with E-state index in [-0.39, 0.29) is 25.7 Å². The number of benzene rings is 1. The van der Waals surface area contributed by atoms with Crippen LogP contribution in [0.2, 0.25) is 0 Å². The number of aromatic nitrogens is 2. The molecule has 8 nitrogen and oxygen atoms in total. The van der Waals surface area contributed by atoms with Gasteiger partial charge in [-0.25, -0.2) is 13.1 Å². The molecule has 0 unspecified atom stereocenters. The number of nitrogens with zero attached hydrogens (tertiary/aromatic N) is 4. The Balaban J connectivity index is 1.33. The molecule has 4 rings (SSSR count). The van der Waals surface area contributed by atoms with Crippen LogP contribution in [0, 0.1) is 0 Å². The molecule has 0 N–H and O–H groups in total. The summed E-state index contributed by atoms with van der Waals surface area (Å²) >= 11 is 1.20. The molecule has 10 heteroatoms. The predicted octanol–water partition coefficient (Wildman–Crippen LogP) is 2.13. The highest BCUT2D eigenvalue weighted by atomic mass is 32.2. The minimum Gasteiger partial charge on any atom is -0.471 e. The van der Waals surface area contributed by atoms with Crippen LogP contribution in [0.1, 0.15) is 10.5 Å².